The number of rotatable bonds is 9. The molecule has 0 radical (unpaired) electrons. The Balaban J connectivity index is 3.83. The van der Waals surface area contributed by atoms with E-state index >= 15 is 0 Å². The lowest BCUT2D eigenvalue weighted by atomic mass is 10.2. The van der Waals surface area contributed by atoms with Crippen molar-refractivity contribution in [3.8, 4) is 0 Å². The molecule has 0 fully saturated rings. The Bertz CT molecular complexity index is 162. The summed E-state index contributed by atoms with van der Waals surface area (Å²) in [5.41, 5.74) is 0. The number of nitrogens with zero attached hydrogens (tertiary/aromatic N) is 1. The third-order valence-electron chi connectivity index (χ3n) is 2.24. The van der Waals surface area contributed by atoms with Crippen molar-refractivity contribution in [1.82, 2.24) is 4.90 Å². The highest BCUT2D eigenvalue weighted by molar-refractivity contribution is 5.76. The molecule has 0 rings (SSSR count). The Kier molecular flexibility index (Phi) is 9.52. The average molecular weight is 217 g/mol. The van der Waals surface area contributed by atoms with Crippen LogP contribution in [0.3, 0.4) is 0 Å². The first-order chi connectivity index (χ1) is 7.26. The van der Waals surface area contributed by atoms with Crippen LogP contribution in [0.2, 0.25) is 0 Å². The van der Waals surface area contributed by atoms with Gasteiger partial charge in [0.25, 0.3) is 0 Å². The van der Waals surface area contributed by atoms with Crippen LogP contribution in [0.4, 0.5) is 0 Å². The van der Waals surface area contributed by atoms with Crippen LogP contribution in [-0.2, 0) is 9.53 Å². The second-order valence-electron chi connectivity index (χ2n) is 3.55. The number of methoxy groups -OCH3 is 1. The van der Waals surface area contributed by atoms with E-state index in [2.05, 4.69) is 6.92 Å². The van der Waals surface area contributed by atoms with E-state index in [1.165, 1.54) is 0 Å². The first kappa shape index (κ1) is 14.4. The molecule has 4 heteroatoms. The molecular weight excluding hydrogens is 194 g/mol. The Morgan fingerprint density at radius 3 is 2.60 bits per heavy atom. The maximum absolute atomic E-state index is 11.7. The number of aliphatic hydroxyl groups is 1. The van der Waals surface area contributed by atoms with E-state index in [4.69, 9.17) is 9.84 Å². The molecule has 0 aliphatic carbocycles. The molecule has 0 unspecified atom stereocenters. The second kappa shape index (κ2) is 9.93. The smallest absolute Gasteiger partial charge is 0.222 e. The maximum Gasteiger partial charge on any atom is 0.222 e. The van der Waals surface area contributed by atoms with Gasteiger partial charge in [-0.2, -0.15) is 0 Å². The fraction of sp³-hybridized carbons (Fsp3) is 0.909. The number of carbonyl (C=O) groups excluding carboxylic acids is 1. The van der Waals surface area contributed by atoms with Crippen molar-refractivity contribution >= 4 is 5.91 Å². The predicted molar refractivity (Wildman–Crippen MR) is 59.7 cm³/mol. The van der Waals surface area contributed by atoms with Gasteiger partial charge in [-0.15, -0.1) is 0 Å². The highest BCUT2D eigenvalue weighted by Gasteiger charge is 2.11. The average Bonchev–Trinajstić information content (AvgIpc) is 2.25. The monoisotopic (exact) mass is 217 g/mol. The third-order valence-corrected chi connectivity index (χ3v) is 2.24. The highest BCUT2D eigenvalue weighted by Crippen LogP contribution is 2.01. The number of hydrogen-bond acceptors (Lipinski definition) is 3. The van der Waals surface area contributed by atoms with Gasteiger partial charge in [-0.25, -0.2) is 0 Å². The van der Waals surface area contributed by atoms with Crippen molar-refractivity contribution in [3.05, 3.63) is 0 Å². The molecule has 0 atom stereocenters. The molecule has 0 aromatic carbocycles. The second-order valence-corrected chi connectivity index (χ2v) is 3.55. The molecule has 15 heavy (non-hydrogen) atoms. The van der Waals surface area contributed by atoms with Crippen LogP contribution in [0, 0.1) is 0 Å². The number of ether oxygens (including phenoxy) is 1. The molecule has 0 aromatic heterocycles. The maximum atomic E-state index is 11.7. The van der Waals surface area contributed by atoms with Crippen LogP contribution < -0.4 is 0 Å². The largest absolute Gasteiger partial charge is 0.395 e. The van der Waals surface area contributed by atoms with Crippen molar-refractivity contribution in [3.63, 3.8) is 0 Å². The molecule has 0 aromatic rings. The van der Waals surface area contributed by atoms with Gasteiger partial charge in [-0.05, 0) is 12.8 Å². The number of aliphatic hydroxyl groups excluding tert-OH is 1. The van der Waals surface area contributed by atoms with Gasteiger partial charge in [0.05, 0.1) is 6.61 Å². The molecule has 0 saturated carbocycles. The topological polar surface area (TPSA) is 49.8 Å². The van der Waals surface area contributed by atoms with Crippen molar-refractivity contribution in [2.45, 2.75) is 32.6 Å². The minimum absolute atomic E-state index is 0.0326. The summed E-state index contributed by atoms with van der Waals surface area (Å²) < 4.78 is 4.93. The van der Waals surface area contributed by atoms with Crippen LogP contribution in [0.15, 0.2) is 0 Å². The summed E-state index contributed by atoms with van der Waals surface area (Å²) in [6.45, 7) is 3.87. The standard InChI is InChI=1S/C11H23NO3/c1-3-4-6-11(14)12(8-9-13)7-5-10-15-2/h13H,3-10H2,1-2H3. The van der Waals surface area contributed by atoms with E-state index in [0.29, 0.717) is 26.1 Å². The fourth-order valence-corrected chi connectivity index (χ4v) is 1.37. The van der Waals surface area contributed by atoms with Crippen LogP contribution in [-0.4, -0.2) is 49.3 Å². The summed E-state index contributed by atoms with van der Waals surface area (Å²) in [6, 6.07) is 0. The Labute approximate surface area is 92.2 Å². The van der Waals surface area contributed by atoms with Crippen LogP contribution in [0.5, 0.6) is 0 Å². The number of hydrogen-bond donors (Lipinski definition) is 1. The first-order valence-electron chi connectivity index (χ1n) is 5.63. The van der Waals surface area contributed by atoms with E-state index in [9.17, 15) is 4.79 Å². The van der Waals surface area contributed by atoms with Crippen LogP contribution in [0.1, 0.15) is 32.6 Å². The lowest BCUT2D eigenvalue weighted by molar-refractivity contribution is -0.132. The number of carbonyl (C=O) groups is 1. The summed E-state index contributed by atoms with van der Waals surface area (Å²) in [6.07, 6.45) is 3.36. The lowest BCUT2D eigenvalue weighted by Crippen LogP contribution is -2.34. The molecule has 1 N–H and O–H groups in total. The van der Waals surface area contributed by atoms with Gasteiger partial charge in [-0.3, -0.25) is 4.79 Å². The lowest BCUT2D eigenvalue weighted by Gasteiger charge is -2.21. The zero-order chi connectivity index (χ0) is 11.5. The van der Waals surface area contributed by atoms with E-state index in [0.717, 1.165) is 19.3 Å². The summed E-state index contributed by atoms with van der Waals surface area (Å²) in [5, 5.41) is 8.84. The summed E-state index contributed by atoms with van der Waals surface area (Å²) in [4.78, 5) is 13.4. The molecular formula is C11H23NO3. The molecule has 4 nitrogen and oxygen atoms in total. The Hall–Kier alpha value is -0.610. The Morgan fingerprint density at radius 1 is 1.33 bits per heavy atom. The molecule has 90 valence electrons. The molecule has 1 amide bonds. The normalized spacial score (nSPS) is 10.3. The van der Waals surface area contributed by atoms with E-state index in [-0.39, 0.29) is 12.5 Å². The van der Waals surface area contributed by atoms with Gasteiger partial charge in [0.2, 0.25) is 5.91 Å². The first-order valence-corrected chi connectivity index (χ1v) is 5.63. The number of amides is 1. The van der Waals surface area contributed by atoms with Crippen molar-refractivity contribution in [1.29, 1.82) is 0 Å². The summed E-state index contributed by atoms with van der Waals surface area (Å²) in [7, 11) is 1.65. The zero-order valence-electron chi connectivity index (χ0n) is 9.87. The molecule has 0 spiro atoms. The third kappa shape index (κ3) is 7.33. The van der Waals surface area contributed by atoms with E-state index in [1.807, 2.05) is 0 Å². The van der Waals surface area contributed by atoms with Gasteiger partial charge in [0, 0.05) is 33.2 Å². The molecule has 0 aliphatic heterocycles. The quantitative estimate of drug-likeness (QED) is 0.587. The zero-order valence-corrected chi connectivity index (χ0v) is 9.87. The van der Waals surface area contributed by atoms with Gasteiger partial charge in [0.15, 0.2) is 0 Å². The van der Waals surface area contributed by atoms with E-state index < -0.39 is 0 Å². The van der Waals surface area contributed by atoms with Crippen molar-refractivity contribution in [2.75, 3.05) is 33.4 Å². The molecule has 0 saturated heterocycles. The minimum Gasteiger partial charge on any atom is -0.395 e. The van der Waals surface area contributed by atoms with Crippen LogP contribution >= 0.6 is 0 Å². The Morgan fingerprint density at radius 2 is 2.07 bits per heavy atom. The van der Waals surface area contributed by atoms with Gasteiger partial charge in [0.1, 0.15) is 0 Å². The van der Waals surface area contributed by atoms with E-state index in [1.54, 1.807) is 12.0 Å². The highest BCUT2D eigenvalue weighted by atomic mass is 16.5. The fourth-order valence-electron chi connectivity index (χ4n) is 1.37. The summed E-state index contributed by atoms with van der Waals surface area (Å²) >= 11 is 0. The van der Waals surface area contributed by atoms with Gasteiger partial charge in [-0.1, -0.05) is 13.3 Å². The number of unbranched alkanes of at least 4 members (excludes halogenated alkanes) is 1. The molecule has 0 heterocycles. The van der Waals surface area contributed by atoms with Gasteiger partial charge >= 0.3 is 0 Å². The summed E-state index contributed by atoms with van der Waals surface area (Å²) in [5.74, 6) is 0.141. The van der Waals surface area contributed by atoms with Gasteiger partial charge < -0.3 is 14.7 Å². The molecule has 0 aliphatic rings. The van der Waals surface area contributed by atoms with Crippen LogP contribution in [0.25, 0.3) is 0 Å². The predicted octanol–water partition coefficient (Wildman–Crippen LogP) is 1.03. The van der Waals surface area contributed by atoms with Crippen molar-refractivity contribution in [2.24, 2.45) is 0 Å². The minimum atomic E-state index is 0.0326. The molecule has 0 bridgehead atoms. The SMILES string of the molecule is CCCCC(=O)N(CCO)CCCOC. The van der Waals surface area contributed by atoms with Crippen molar-refractivity contribution < 1.29 is 14.6 Å².